The summed E-state index contributed by atoms with van der Waals surface area (Å²) in [5.41, 5.74) is 0.493. The fraction of sp³-hybridized carbons (Fsp3) is 0.350. The highest BCUT2D eigenvalue weighted by Crippen LogP contribution is 2.31. The van der Waals surface area contributed by atoms with Crippen LogP contribution < -0.4 is 10.7 Å². The number of likely N-dealkylation sites (tertiary alicyclic amines) is 1. The molecule has 0 amide bonds. The van der Waals surface area contributed by atoms with Gasteiger partial charge in [-0.3, -0.25) is 14.9 Å². The second-order valence-corrected chi connectivity index (χ2v) is 6.85. The van der Waals surface area contributed by atoms with Gasteiger partial charge in [-0.25, -0.2) is 0 Å². The van der Waals surface area contributed by atoms with E-state index in [2.05, 4.69) is 10.2 Å². The van der Waals surface area contributed by atoms with Crippen molar-refractivity contribution in [2.75, 3.05) is 31.5 Å². The molecule has 7 nitrogen and oxygen atoms in total. The third-order valence-corrected chi connectivity index (χ3v) is 5.10. The zero-order valence-electron chi connectivity index (χ0n) is 14.9. The van der Waals surface area contributed by atoms with Crippen LogP contribution in [0.4, 0.5) is 11.4 Å². The molecule has 1 aromatic heterocycles. The molecule has 0 unspecified atom stereocenters. The summed E-state index contributed by atoms with van der Waals surface area (Å²) in [6, 6.07) is 9.81. The number of piperidine rings is 1. The number of nitrogens with zero attached hydrogens (tertiary/aromatic N) is 2. The summed E-state index contributed by atoms with van der Waals surface area (Å²) >= 11 is 0. The van der Waals surface area contributed by atoms with Gasteiger partial charge in [0, 0.05) is 24.8 Å². The van der Waals surface area contributed by atoms with Crippen molar-refractivity contribution in [2.24, 2.45) is 0 Å². The van der Waals surface area contributed by atoms with Gasteiger partial charge < -0.3 is 14.6 Å². The fourth-order valence-corrected chi connectivity index (χ4v) is 3.71. The monoisotopic (exact) mass is 367 g/mol. The van der Waals surface area contributed by atoms with E-state index in [0.29, 0.717) is 23.2 Å². The molecular weight excluding hydrogens is 346 g/mol. The van der Waals surface area contributed by atoms with Crippen molar-refractivity contribution >= 4 is 33.3 Å². The molecule has 2 aromatic carbocycles. The molecular formula is C20H21N3O4. The lowest BCUT2D eigenvalue weighted by Crippen LogP contribution is -2.33. The Balaban J connectivity index is 1.74. The maximum Gasteiger partial charge on any atom is 0.312 e. The summed E-state index contributed by atoms with van der Waals surface area (Å²) in [6.07, 6.45) is 3.72. The number of nitro groups is 1. The first-order chi connectivity index (χ1) is 13.1. The van der Waals surface area contributed by atoms with E-state index in [1.165, 1.54) is 25.3 Å². The Morgan fingerprint density at radius 1 is 1.11 bits per heavy atom. The van der Waals surface area contributed by atoms with Gasteiger partial charge in [0.2, 0.25) is 11.0 Å². The van der Waals surface area contributed by atoms with E-state index in [1.807, 2.05) is 0 Å². The summed E-state index contributed by atoms with van der Waals surface area (Å²) < 4.78 is 5.76. The lowest BCUT2D eigenvalue weighted by Gasteiger charge is -2.26. The molecule has 1 fully saturated rings. The lowest BCUT2D eigenvalue weighted by atomic mass is 10.1. The summed E-state index contributed by atoms with van der Waals surface area (Å²) in [5.74, 6) is 0. The van der Waals surface area contributed by atoms with Crippen LogP contribution in [0.5, 0.6) is 0 Å². The third kappa shape index (κ3) is 3.38. The van der Waals surface area contributed by atoms with Crippen LogP contribution in [0, 0.1) is 10.1 Å². The summed E-state index contributed by atoms with van der Waals surface area (Å²) in [6.45, 7) is 3.72. The van der Waals surface area contributed by atoms with E-state index in [4.69, 9.17) is 4.42 Å². The SMILES string of the molecule is O=c1c2ccccc2oc2c([N+](=O)[O-])ccc(NCCN3CCCCC3)c12. The van der Waals surface area contributed by atoms with Crippen molar-refractivity contribution in [2.45, 2.75) is 19.3 Å². The van der Waals surface area contributed by atoms with Crippen LogP contribution in [0.25, 0.3) is 21.9 Å². The molecule has 1 aliphatic heterocycles. The van der Waals surface area contributed by atoms with Crippen LogP contribution >= 0.6 is 0 Å². The fourth-order valence-electron chi connectivity index (χ4n) is 3.71. The van der Waals surface area contributed by atoms with Crippen LogP contribution in [0.3, 0.4) is 0 Å². The van der Waals surface area contributed by atoms with Gasteiger partial charge in [0.25, 0.3) is 0 Å². The normalized spacial score (nSPS) is 15.3. The first-order valence-electron chi connectivity index (χ1n) is 9.24. The number of para-hydroxylation sites is 1. The number of nitrogens with one attached hydrogen (secondary N) is 1. The minimum atomic E-state index is -0.516. The summed E-state index contributed by atoms with van der Waals surface area (Å²) in [7, 11) is 0. The molecule has 140 valence electrons. The van der Waals surface area contributed by atoms with Gasteiger partial charge in [0.1, 0.15) is 5.58 Å². The van der Waals surface area contributed by atoms with Crippen LogP contribution in [0.2, 0.25) is 0 Å². The topological polar surface area (TPSA) is 88.6 Å². The second-order valence-electron chi connectivity index (χ2n) is 6.85. The number of hydrogen-bond acceptors (Lipinski definition) is 6. The molecule has 0 aliphatic carbocycles. The maximum absolute atomic E-state index is 13.0. The maximum atomic E-state index is 13.0. The van der Waals surface area contributed by atoms with Crippen molar-refractivity contribution in [3.63, 3.8) is 0 Å². The highest BCUT2D eigenvalue weighted by Gasteiger charge is 2.21. The smallest absolute Gasteiger partial charge is 0.312 e. The summed E-state index contributed by atoms with van der Waals surface area (Å²) in [5, 5.41) is 15.4. The molecule has 27 heavy (non-hydrogen) atoms. The largest absolute Gasteiger partial charge is 0.448 e. The Bertz CT molecular complexity index is 1050. The highest BCUT2D eigenvalue weighted by atomic mass is 16.6. The molecule has 1 saturated heterocycles. The van der Waals surface area contributed by atoms with Crippen LogP contribution in [-0.4, -0.2) is 36.0 Å². The molecule has 0 bridgehead atoms. The first kappa shape index (κ1) is 17.5. The van der Waals surface area contributed by atoms with Gasteiger partial charge in [0.05, 0.1) is 15.7 Å². The van der Waals surface area contributed by atoms with E-state index >= 15 is 0 Å². The van der Waals surface area contributed by atoms with E-state index < -0.39 is 4.92 Å². The van der Waals surface area contributed by atoms with Gasteiger partial charge >= 0.3 is 5.69 Å². The predicted octanol–water partition coefficient (Wildman–Crippen LogP) is 3.75. The molecule has 0 radical (unpaired) electrons. The molecule has 3 aromatic rings. The third-order valence-electron chi connectivity index (χ3n) is 5.10. The Hall–Kier alpha value is -2.93. The average molecular weight is 367 g/mol. The zero-order valence-corrected chi connectivity index (χ0v) is 14.9. The molecule has 7 heteroatoms. The number of hydrogen-bond donors (Lipinski definition) is 1. The second kappa shape index (κ2) is 7.36. The molecule has 4 rings (SSSR count). The van der Waals surface area contributed by atoms with Crippen molar-refractivity contribution in [1.82, 2.24) is 4.90 Å². The quantitative estimate of drug-likeness (QED) is 0.420. The van der Waals surface area contributed by atoms with E-state index in [-0.39, 0.29) is 22.1 Å². The van der Waals surface area contributed by atoms with Crippen molar-refractivity contribution in [3.8, 4) is 0 Å². The van der Waals surface area contributed by atoms with Crippen molar-refractivity contribution in [1.29, 1.82) is 0 Å². The number of non-ortho nitro benzene ring substituents is 1. The molecule has 0 spiro atoms. The van der Waals surface area contributed by atoms with Gasteiger partial charge in [0.15, 0.2) is 0 Å². The molecule has 0 atom stereocenters. The lowest BCUT2D eigenvalue weighted by molar-refractivity contribution is -0.383. The molecule has 2 heterocycles. The average Bonchev–Trinajstić information content (AvgIpc) is 2.68. The van der Waals surface area contributed by atoms with Crippen molar-refractivity contribution in [3.05, 3.63) is 56.7 Å². The minimum Gasteiger partial charge on any atom is -0.448 e. The van der Waals surface area contributed by atoms with E-state index in [0.717, 1.165) is 19.6 Å². The van der Waals surface area contributed by atoms with Gasteiger partial charge in [-0.1, -0.05) is 18.6 Å². The van der Waals surface area contributed by atoms with E-state index in [1.54, 1.807) is 30.3 Å². The summed E-state index contributed by atoms with van der Waals surface area (Å²) in [4.78, 5) is 26.3. The van der Waals surface area contributed by atoms with E-state index in [9.17, 15) is 14.9 Å². The Kier molecular flexibility index (Phi) is 4.77. The van der Waals surface area contributed by atoms with Crippen molar-refractivity contribution < 1.29 is 9.34 Å². The van der Waals surface area contributed by atoms with Crippen LogP contribution in [-0.2, 0) is 0 Å². The standard InChI is InChI=1S/C20H21N3O4/c24-19-14-6-2-3-7-17(14)27-20-16(23(25)26)9-8-15(18(19)20)21-10-13-22-11-4-1-5-12-22/h2-3,6-9,21H,1,4-5,10-13H2. The molecule has 1 aliphatic rings. The zero-order chi connectivity index (χ0) is 18.8. The molecule has 0 saturated carbocycles. The van der Waals surface area contributed by atoms with Gasteiger partial charge in [-0.05, 0) is 44.1 Å². The van der Waals surface area contributed by atoms with Crippen LogP contribution in [0.15, 0.2) is 45.6 Å². The predicted molar refractivity (Wildman–Crippen MR) is 105 cm³/mol. The highest BCUT2D eigenvalue weighted by molar-refractivity contribution is 6.00. The Labute approximate surface area is 155 Å². The van der Waals surface area contributed by atoms with Crippen LogP contribution in [0.1, 0.15) is 19.3 Å². The minimum absolute atomic E-state index is 0.0201. The number of rotatable bonds is 5. The molecule has 1 N–H and O–H groups in total. The Morgan fingerprint density at radius 3 is 2.67 bits per heavy atom. The Morgan fingerprint density at radius 2 is 1.89 bits per heavy atom. The number of fused-ring (bicyclic) bond motifs is 2. The number of benzene rings is 2. The number of nitro benzene ring substituents is 1. The van der Waals surface area contributed by atoms with Gasteiger partial charge in [-0.2, -0.15) is 0 Å². The number of anilines is 1. The van der Waals surface area contributed by atoms with Gasteiger partial charge in [-0.15, -0.1) is 0 Å². The first-order valence-corrected chi connectivity index (χ1v) is 9.24.